The quantitative estimate of drug-likeness (QED) is 0.243. The summed E-state index contributed by atoms with van der Waals surface area (Å²) in [7, 11) is 9.29. The molecule has 3 aliphatic rings. The summed E-state index contributed by atoms with van der Waals surface area (Å²) in [5.74, 6) is -5.93. The van der Waals surface area contributed by atoms with Gasteiger partial charge in [-0.15, -0.1) is 0 Å². The first-order valence-electron chi connectivity index (χ1n) is 11.8. The third-order valence-corrected chi connectivity index (χ3v) is 7.59. The number of Topliss-reactive ketones (excluding diaryl/α,β-unsaturated/α-hetero) is 1. The molecule has 1 aromatic rings. The average Bonchev–Trinajstić information content (AvgIpc) is 2.79. The molecule has 1 fully saturated rings. The molecule has 1 radical (unpaired) electrons. The van der Waals surface area contributed by atoms with E-state index in [0.717, 1.165) is 6.42 Å². The van der Waals surface area contributed by atoms with Gasteiger partial charge in [0, 0.05) is 0 Å². The van der Waals surface area contributed by atoms with E-state index in [1.54, 1.807) is 14.1 Å². The van der Waals surface area contributed by atoms with Crippen LogP contribution in [-0.2, 0) is 22.6 Å². The second-order valence-electron chi connectivity index (χ2n) is 9.94. The number of hydrogen-bond acceptors (Lipinski definition) is 8. The van der Waals surface area contributed by atoms with Crippen molar-refractivity contribution in [2.75, 3.05) is 20.6 Å². The fraction of sp³-hybridized carbons (Fsp3) is 0.480. The summed E-state index contributed by atoms with van der Waals surface area (Å²) < 4.78 is 15.2. The van der Waals surface area contributed by atoms with Crippen LogP contribution in [0, 0.1) is 17.7 Å². The van der Waals surface area contributed by atoms with Crippen LogP contribution in [0.2, 0.25) is 0 Å². The number of halogens is 1. The van der Waals surface area contributed by atoms with Gasteiger partial charge in [0.25, 0.3) is 0 Å². The summed E-state index contributed by atoms with van der Waals surface area (Å²) in [4.78, 5) is 27.5. The van der Waals surface area contributed by atoms with Gasteiger partial charge in [-0.05, 0) is 0 Å². The molecule has 191 valence electrons. The van der Waals surface area contributed by atoms with Crippen LogP contribution in [0.4, 0.5) is 4.39 Å². The second-order valence-corrected chi connectivity index (χ2v) is 9.94. The normalized spacial score (nSPS) is 27.8. The third-order valence-electron chi connectivity index (χ3n) is 7.59. The predicted octanol–water partition coefficient (Wildman–Crippen LogP) is 0.375. The molecule has 11 heteroatoms. The number of nitrogens with zero attached hydrogens (tertiary/aromatic N) is 1. The number of aromatic hydroxyl groups is 1. The van der Waals surface area contributed by atoms with Gasteiger partial charge in [-0.1, -0.05) is 6.92 Å². The van der Waals surface area contributed by atoms with E-state index in [-0.39, 0.29) is 47.4 Å². The van der Waals surface area contributed by atoms with Crippen LogP contribution < -0.4 is 11.1 Å². The van der Waals surface area contributed by atoms with E-state index in [0.29, 0.717) is 6.54 Å². The first kappa shape index (κ1) is 26.1. The molecule has 0 unspecified atom stereocenters. The van der Waals surface area contributed by atoms with Gasteiger partial charge >= 0.3 is 202 Å². The summed E-state index contributed by atoms with van der Waals surface area (Å²) in [6, 6.07) is 0.211. The number of carbonyl (C=O) groups excluding carboxylic acids is 2. The molecule has 7 N–H and O–H groups in total. The standard InChI is InChI=1S/C25H30BFN3O6/c1-4-5-29-9-11-8-14(27)12-6-10-7-13-18(30(2)3)21(33)17(24(28)35)22(26)25(13,36)23(34)15(10)20(32)16(12)19(11)31/h8,10,13,18,29,31-33,36H,4-7,9H2,1-3H3,(H2,28,35)/t10-,13-,18-,25+/m0/s1. The molecule has 0 aromatic heterocycles. The number of hydrogen-bond donors (Lipinski definition) is 6. The number of aliphatic hydroxyl groups is 3. The molecule has 1 amide bonds. The molecule has 4 rings (SSSR count). The van der Waals surface area contributed by atoms with Crippen LogP contribution in [0.5, 0.6) is 5.75 Å². The topological polar surface area (TPSA) is 156 Å². The number of amides is 1. The molecular formula is C25H30BFN3O6. The summed E-state index contributed by atoms with van der Waals surface area (Å²) in [5.41, 5.74) is 1.68. The molecule has 1 aromatic carbocycles. The van der Waals surface area contributed by atoms with Gasteiger partial charge < -0.3 is 0 Å². The average molecular weight is 498 g/mol. The Hall–Kier alpha value is -3.02. The summed E-state index contributed by atoms with van der Waals surface area (Å²) in [5, 5.41) is 47.7. The van der Waals surface area contributed by atoms with Crippen molar-refractivity contribution in [1.82, 2.24) is 10.2 Å². The molecule has 36 heavy (non-hydrogen) atoms. The number of carbonyl (C=O) groups is 2. The van der Waals surface area contributed by atoms with Crippen molar-refractivity contribution < 1.29 is 34.4 Å². The number of ketones is 1. The maximum absolute atomic E-state index is 15.2. The van der Waals surface area contributed by atoms with Gasteiger partial charge in [0.1, 0.15) is 0 Å². The van der Waals surface area contributed by atoms with Gasteiger partial charge in [-0.2, -0.15) is 0 Å². The number of fused-ring (bicyclic) bond motifs is 3. The van der Waals surface area contributed by atoms with E-state index in [1.807, 2.05) is 6.92 Å². The molecule has 9 nitrogen and oxygen atoms in total. The molecule has 0 spiro atoms. The molecule has 3 aliphatic carbocycles. The van der Waals surface area contributed by atoms with Crippen LogP contribution >= 0.6 is 0 Å². The van der Waals surface area contributed by atoms with E-state index in [1.165, 1.54) is 11.0 Å². The summed E-state index contributed by atoms with van der Waals surface area (Å²) in [6.07, 6.45) is 0.825. The number of benzene rings is 1. The van der Waals surface area contributed by atoms with Gasteiger partial charge in [0.05, 0.1) is 0 Å². The Morgan fingerprint density at radius 2 is 2.00 bits per heavy atom. The molecule has 0 heterocycles. The zero-order chi connectivity index (χ0) is 26.7. The predicted molar refractivity (Wildman–Crippen MR) is 132 cm³/mol. The Balaban J connectivity index is 1.89. The zero-order valence-electron chi connectivity index (χ0n) is 20.4. The van der Waals surface area contributed by atoms with Gasteiger partial charge in [0.2, 0.25) is 0 Å². The number of aliphatic hydroxyl groups excluding tert-OH is 2. The Morgan fingerprint density at radius 1 is 1.33 bits per heavy atom. The maximum atomic E-state index is 15.2. The fourth-order valence-corrected chi connectivity index (χ4v) is 5.95. The third kappa shape index (κ3) is 3.60. The van der Waals surface area contributed by atoms with E-state index in [9.17, 15) is 30.0 Å². The minimum atomic E-state index is -2.46. The summed E-state index contributed by atoms with van der Waals surface area (Å²) >= 11 is 0. The fourth-order valence-electron chi connectivity index (χ4n) is 5.95. The van der Waals surface area contributed by atoms with Gasteiger partial charge in [-0.3, -0.25) is 0 Å². The first-order valence-corrected chi connectivity index (χ1v) is 11.8. The van der Waals surface area contributed by atoms with Crippen molar-refractivity contribution in [2.45, 2.75) is 44.4 Å². The molecule has 1 saturated carbocycles. The van der Waals surface area contributed by atoms with Crippen molar-refractivity contribution >= 4 is 30.4 Å². The first-order chi connectivity index (χ1) is 16.9. The van der Waals surface area contributed by atoms with Crippen molar-refractivity contribution in [2.24, 2.45) is 17.6 Å². The van der Waals surface area contributed by atoms with Crippen LogP contribution in [-0.4, -0.2) is 82.3 Å². The number of phenolic OH excluding ortho intramolecular Hbond substituents is 1. The number of phenols is 1. The molecule has 0 saturated heterocycles. The SMILES string of the molecule is [B]=C1C(C(N)=O)=C(O)[C@@H](N(C)C)[C@@H]2C[C@@H]3Cc4c(F)cc(CNCCC)c(O)c4C(O)=C3C(=O)[C@]12O. The second kappa shape index (κ2) is 9.13. The monoisotopic (exact) mass is 498 g/mol. The van der Waals surface area contributed by atoms with E-state index in [4.69, 9.17) is 13.2 Å². The van der Waals surface area contributed by atoms with Gasteiger partial charge in [-0.25, -0.2) is 0 Å². The van der Waals surface area contributed by atoms with Gasteiger partial charge in [0.15, 0.2) is 0 Å². The van der Waals surface area contributed by atoms with Crippen LogP contribution in [0.1, 0.15) is 36.5 Å². The summed E-state index contributed by atoms with van der Waals surface area (Å²) in [6.45, 7) is 2.73. The Bertz CT molecular complexity index is 1240. The molecule has 0 bridgehead atoms. The van der Waals surface area contributed by atoms with Crippen LogP contribution in [0.3, 0.4) is 0 Å². The number of likely N-dealkylation sites (N-methyl/N-ethyl adjacent to an activating group) is 1. The Morgan fingerprint density at radius 3 is 2.58 bits per heavy atom. The zero-order valence-corrected chi connectivity index (χ0v) is 20.4. The molecule has 4 atom stereocenters. The van der Waals surface area contributed by atoms with E-state index < -0.39 is 63.5 Å². The van der Waals surface area contributed by atoms with Crippen molar-refractivity contribution in [3.05, 3.63) is 45.5 Å². The number of primary amides is 1. The number of rotatable bonds is 6. The Labute approximate surface area is 209 Å². The van der Waals surface area contributed by atoms with Crippen LogP contribution in [0.15, 0.2) is 23.0 Å². The number of nitrogens with one attached hydrogen (secondary N) is 1. The molecule has 0 aliphatic heterocycles. The van der Waals surface area contributed by atoms with Crippen molar-refractivity contribution in [3.8, 4) is 5.75 Å². The molecular weight excluding hydrogens is 468 g/mol. The van der Waals surface area contributed by atoms with Crippen molar-refractivity contribution in [1.29, 1.82) is 0 Å². The van der Waals surface area contributed by atoms with Crippen LogP contribution in [0.25, 0.3) is 5.76 Å². The number of nitrogens with two attached hydrogens (primary N) is 1. The Kier molecular flexibility index (Phi) is 6.61. The van der Waals surface area contributed by atoms with E-state index >= 15 is 4.39 Å². The van der Waals surface area contributed by atoms with E-state index in [2.05, 4.69) is 5.32 Å². The van der Waals surface area contributed by atoms with Crippen molar-refractivity contribution in [3.63, 3.8) is 0 Å². The minimum absolute atomic E-state index is 0.0255.